The van der Waals surface area contributed by atoms with E-state index in [-0.39, 0.29) is 10.7 Å². The summed E-state index contributed by atoms with van der Waals surface area (Å²) in [5.74, 6) is -3.29. The summed E-state index contributed by atoms with van der Waals surface area (Å²) < 4.78 is 25.7. The highest BCUT2D eigenvalue weighted by molar-refractivity contribution is 7.89. The van der Waals surface area contributed by atoms with Crippen molar-refractivity contribution in [3.05, 3.63) is 29.8 Å². The average Bonchev–Trinajstić information content (AvgIpc) is 2.37. The molecular formula is C12H13NO7S. The molecule has 0 spiro atoms. The van der Waals surface area contributed by atoms with Crippen LogP contribution < -0.4 is 4.72 Å². The number of carboxylic acids is 2. The number of hydrogen-bond acceptors (Lipinski definition) is 5. The molecule has 0 fully saturated rings. The van der Waals surface area contributed by atoms with Crippen molar-refractivity contribution in [1.29, 1.82) is 0 Å². The van der Waals surface area contributed by atoms with Gasteiger partial charge in [0.15, 0.2) is 5.78 Å². The number of carbonyl (C=O) groups excluding carboxylic acids is 1. The minimum absolute atomic E-state index is 0.249. The minimum Gasteiger partial charge on any atom is -0.481 e. The lowest BCUT2D eigenvalue weighted by Gasteiger charge is -2.13. The molecular weight excluding hydrogens is 302 g/mol. The first-order valence-electron chi connectivity index (χ1n) is 5.71. The van der Waals surface area contributed by atoms with Gasteiger partial charge in [0.1, 0.15) is 6.04 Å². The van der Waals surface area contributed by atoms with Gasteiger partial charge in [-0.2, -0.15) is 4.72 Å². The van der Waals surface area contributed by atoms with E-state index < -0.39 is 34.4 Å². The smallest absolute Gasteiger partial charge is 0.322 e. The molecule has 1 atom stereocenters. The van der Waals surface area contributed by atoms with Crippen molar-refractivity contribution in [3.8, 4) is 0 Å². The first-order chi connectivity index (χ1) is 9.63. The van der Waals surface area contributed by atoms with E-state index in [9.17, 15) is 22.8 Å². The average molecular weight is 315 g/mol. The van der Waals surface area contributed by atoms with Gasteiger partial charge < -0.3 is 10.2 Å². The molecule has 0 amide bonds. The normalized spacial score (nSPS) is 12.6. The number of benzene rings is 1. The summed E-state index contributed by atoms with van der Waals surface area (Å²) in [5, 5.41) is 17.4. The van der Waals surface area contributed by atoms with Crippen LogP contribution in [0.2, 0.25) is 0 Å². The van der Waals surface area contributed by atoms with Crippen molar-refractivity contribution in [3.63, 3.8) is 0 Å². The maximum absolute atomic E-state index is 12.0. The zero-order chi connectivity index (χ0) is 16.2. The number of hydrogen-bond donors (Lipinski definition) is 3. The predicted octanol–water partition coefficient (Wildman–Crippen LogP) is 0.0954. The third-order valence-corrected chi connectivity index (χ3v) is 4.03. The van der Waals surface area contributed by atoms with E-state index in [1.165, 1.54) is 19.1 Å². The Morgan fingerprint density at radius 2 is 1.67 bits per heavy atom. The van der Waals surface area contributed by atoms with Crippen LogP contribution in [0.3, 0.4) is 0 Å². The monoisotopic (exact) mass is 315 g/mol. The van der Waals surface area contributed by atoms with Gasteiger partial charge in [-0.15, -0.1) is 0 Å². The molecule has 1 aromatic rings. The summed E-state index contributed by atoms with van der Waals surface area (Å²) >= 11 is 0. The Labute approximate surface area is 120 Å². The molecule has 0 radical (unpaired) electrons. The molecule has 21 heavy (non-hydrogen) atoms. The van der Waals surface area contributed by atoms with E-state index in [2.05, 4.69) is 0 Å². The quantitative estimate of drug-likeness (QED) is 0.606. The molecule has 0 aliphatic rings. The number of Topliss-reactive ketones (excluding diaryl/α,β-unsaturated/α-hetero) is 1. The molecule has 1 aromatic carbocycles. The van der Waals surface area contributed by atoms with Crippen LogP contribution in [0.1, 0.15) is 23.7 Å². The third kappa shape index (κ3) is 4.65. The molecule has 0 saturated heterocycles. The van der Waals surface area contributed by atoms with Gasteiger partial charge in [-0.1, -0.05) is 12.1 Å². The zero-order valence-corrected chi connectivity index (χ0v) is 11.8. The number of aliphatic carboxylic acids is 2. The highest BCUT2D eigenvalue weighted by atomic mass is 32.2. The number of rotatable bonds is 7. The molecule has 0 aliphatic heterocycles. The maximum Gasteiger partial charge on any atom is 0.322 e. The van der Waals surface area contributed by atoms with Gasteiger partial charge in [0.25, 0.3) is 0 Å². The molecule has 0 bridgehead atoms. The molecule has 1 rings (SSSR count). The lowest BCUT2D eigenvalue weighted by atomic mass is 10.2. The van der Waals surface area contributed by atoms with E-state index in [4.69, 9.17) is 10.2 Å². The Balaban J connectivity index is 3.01. The molecule has 0 saturated carbocycles. The summed E-state index contributed by atoms with van der Waals surface area (Å²) in [6.07, 6.45) is -0.889. The predicted molar refractivity (Wildman–Crippen MR) is 70.4 cm³/mol. The lowest BCUT2D eigenvalue weighted by molar-refractivity contribution is -0.145. The first kappa shape index (κ1) is 16.8. The molecule has 0 unspecified atom stereocenters. The van der Waals surface area contributed by atoms with E-state index in [1.54, 1.807) is 4.72 Å². The van der Waals surface area contributed by atoms with Crippen LogP contribution in [0.15, 0.2) is 29.2 Å². The number of carbonyl (C=O) groups is 3. The SMILES string of the molecule is CC(=O)c1ccc(S(=O)(=O)N[C@H](CC(=O)O)C(=O)O)cc1. The standard InChI is InChI=1S/C12H13NO7S/c1-7(14)8-2-4-9(5-3-8)21(19,20)13-10(12(17)18)6-11(15)16/h2-5,10,13H,6H2,1H3,(H,15,16)(H,17,18)/t10-/m1/s1. The van der Waals surface area contributed by atoms with Crippen LogP contribution in [0.25, 0.3) is 0 Å². The summed E-state index contributed by atoms with van der Waals surface area (Å²) in [6, 6.07) is 3.06. The zero-order valence-electron chi connectivity index (χ0n) is 10.9. The van der Waals surface area contributed by atoms with Gasteiger partial charge in [0, 0.05) is 5.56 Å². The summed E-state index contributed by atoms with van der Waals surface area (Å²) in [6.45, 7) is 1.31. The number of ketones is 1. The number of sulfonamides is 1. The fourth-order valence-corrected chi connectivity index (χ4v) is 2.67. The van der Waals surface area contributed by atoms with Crippen LogP contribution in [0, 0.1) is 0 Å². The Morgan fingerprint density at radius 1 is 1.14 bits per heavy atom. The van der Waals surface area contributed by atoms with Gasteiger partial charge >= 0.3 is 11.9 Å². The van der Waals surface area contributed by atoms with Crippen molar-refractivity contribution in [2.75, 3.05) is 0 Å². The number of nitrogens with one attached hydrogen (secondary N) is 1. The van der Waals surface area contributed by atoms with E-state index in [0.29, 0.717) is 5.56 Å². The Morgan fingerprint density at radius 3 is 2.05 bits per heavy atom. The van der Waals surface area contributed by atoms with Crippen molar-refractivity contribution in [2.24, 2.45) is 0 Å². The highest BCUT2D eigenvalue weighted by Gasteiger charge is 2.27. The van der Waals surface area contributed by atoms with Crippen molar-refractivity contribution in [1.82, 2.24) is 4.72 Å². The molecule has 114 valence electrons. The van der Waals surface area contributed by atoms with Crippen LogP contribution in [0.5, 0.6) is 0 Å². The minimum atomic E-state index is -4.20. The first-order valence-corrected chi connectivity index (χ1v) is 7.19. The molecule has 0 aromatic heterocycles. The van der Waals surface area contributed by atoms with E-state index in [0.717, 1.165) is 12.1 Å². The second-order valence-corrected chi connectivity index (χ2v) is 5.90. The summed E-state index contributed by atoms with van der Waals surface area (Å²) in [7, 11) is -4.20. The fraction of sp³-hybridized carbons (Fsp3) is 0.250. The van der Waals surface area contributed by atoms with Crippen molar-refractivity contribution in [2.45, 2.75) is 24.3 Å². The fourth-order valence-electron chi connectivity index (χ4n) is 1.48. The molecule has 9 heteroatoms. The number of carboxylic acid groups (broad SMARTS) is 2. The van der Waals surface area contributed by atoms with Gasteiger partial charge in [-0.25, -0.2) is 8.42 Å². The topological polar surface area (TPSA) is 138 Å². The van der Waals surface area contributed by atoms with Crippen molar-refractivity contribution < 1.29 is 33.0 Å². The van der Waals surface area contributed by atoms with Gasteiger partial charge in [-0.05, 0) is 19.1 Å². The lowest BCUT2D eigenvalue weighted by Crippen LogP contribution is -2.42. The van der Waals surface area contributed by atoms with E-state index >= 15 is 0 Å². The highest BCUT2D eigenvalue weighted by Crippen LogP contribution is 2.12. The van der Waals surface area contributed by atoms with Crippen LogP contribution >= 0.6 is 0 Å². The van der Waals surface area contributed by atoms with Crippen LogP contribution in [0.4, 0.5) is 0 Å². The maximum atomic E-state index is 12.0. The molecule has 0 aliphatic carbocycles. The Kier molecular flexibility index (Phi) is 5.17. The van der Waals surface area contributed by atoms with Gasteiger partial charge in [0.05, 0.1) is 11.3 Å². The van der Waals surface area contributed by atoms with Crippen LogP contribution in [-0.4, -0.2) is 42.4 Å². The second kappa shape index (κ2) is 6.46. The largest absolute Gasteiger partial charge is 0.481 e. The van der Waals surface area contributed by atoms with E-state index in [1.807, 2.05) is 0 Å². The molecule has 0 heterocycles. The molecule has 8 nitrogen and oxygen atoms in total. The van der Waals surface area contributed by atoms with Gasteiger partial charge in [0.2, 0.25) is 10.0 Å². The Hall–Kier alpha value is -2.26. The van der Waals surface area contributed by atoms with Gasteiger partial charge in [-0.3, -0.25) is 14.4 Å². The summed E-state index contributed by atoms with van der Waals surface area (Å²) in [5.41, 5.74) is 0.300. The van der Waals surface area contributed by atoms with Crippen LogP contribution in [-0.2, 0) is 19.6 Å². The van der Waals surface area contributed by atoms with Crippen molar-refractivity contribution >= 4 is 27.7 Å². The third-order valence-electron chi connectivity index (χ3n) is 2.55. The second-order valence-electron chi connectivity index (χ2n) is 4.19. The Bertz CT molecular complexity index is 663. The summed E-state index contributed by atoms with van der Waals surface area (Å²) in [4.78, 5) is 32.2. The molecule has 3 N–H and O–H groups in total.